The standard InChI is InChI=1S/C9H15N3/c1-6(2)12-8-4-9(10)11-5-7(8)3/h4-6H,1-3H3,(H3,10,11,12). The second-order valence-corrected chi connectivity index (χ2v) is 3.22. The Morgan fingerprint density at radius 3 is 2.75 bits per heavy atom. The van der Waals surface area contributed by atoms with Gasteiger partial charge >= 0.3 is 0 Å². The molecule has 3 nitrogen and oxygen atoms in total. The number of aromatic nitrogens is 1. The molecule has 0 saturated heterocycles. The van der Waals surface area contributed by atoms with E-state index in [1.165, 1.54) is 0 Å². The molecular formula is C9H15N3. The fourth-order valence-corrected chi connectivity index (χ4v) is 1.01. The van der Waals surface area contributed by atoms with Crippen LogP contribution in [0.2, 0.25) is 0 Å². The lowest BCUT2D eigenvalue weighted by Gasteiger charge is -2.12. The zero-order chi connectivity index (χ0) is 9.14. The van der Waals surface area contributed by atoms with Gasteiger partial charge in [-0.2, -0.15) is 0 Å². The summed E-state index contributed by atoms with van der Waals surface area (Å²) in [5.41, 5.74) is 7.74. The highest BCUT2D eigenvalue weighted by molar-refractivity contribution is 5.55. The van der Waals surface area contributed by atoms with Gasteiger partial charge in [0, 0.05) is 24.0 Å². The van der Waals surface area contributed by atoms with Crippen molar-refractivity contribution in [3.63, 3.8) is 0 Å². The van der Waals surface area contributed by atoms with Crippen LogP contribution in [0.1, 0.15) is 19.4 Å². The van der Waals surface area contributed by atoms with Crippen LogP contribution in [-0.2, 0) is 0 Å². The minimum Gasteiger partial charge on any atom is -0.384 e. The summed E-state index contributed by atoms with van der Waals surface area (Å²) in [7, 11) is 0. The van der Waals surface area contributed by atoms with Gasteiger partial charge in [-0.1, -0.05) is 0 Å². The summed E-state index contributed by atoms with van der Waals surface area (Å²) in [4.78, 5) is 3.98. The maximum Gasteiger partial charge on any atom is 0.125 e. The number of nitrogen functional groups attached to an aromatic ring is 1. The van der Waals surface area contributed by atoms with Crippen LogP contribution in [0.3, 0.4) is 0 Å². The summed E-state index contributed by atoms with van der Waals surface area (Å²) >= 11 is 0. The molecule has 0 spiro atoms. The van der Waals surface area contributed by atoms with E-state index in [-0.39, 0.29) is 0 Å². The largest absolute Gasteiger partial charge is 0.384 e. The quantitative estimate of drug-likeness (QED) is 0.702. The average molecular weight is 165 g/mol. The Balaban J connectivity index is 2.90. The van der Waals surface area contributed by atoms with E-state index >= 15 is 0 Å². The molecule has 12 heavy (non-hydrogen) atoms. The SMILES string of the molecule is Cc1cnc(N)cc1NC(C)C. The highest BCUT2D eigenvalue weighted by Gasteiger charge is 2.00. The van der Waals surface area contributed by atoms with Crippen LogP contribution < -0.4 is 11.1 Å². The van der Waals surface area contributed by atoms with Crippen LogP contribution in [0.4, 0.5) is 11.5 Å². The van der Waals surface area contributed by atoms with Gasteiger partial charge in [0.15, 0.2) is 0 Å². The first-order valence-corrected chi connectivity index (χ1v) is 4.08. The highest BCUT2D eigenvalue weighted by atomic mass is 14.9. The van der Waals surface area contributed by atoms with Gasteiger partial charge < -0.3 is 11.1 Å². The molecule has 1 heterocycles. The zero-order valence-electron chi connectivity index (χ0n) is 7.76. The van der Waals surface area contributed by atoms with Crippen LogP contribution in [0.25, 0.3) is 0 Å². The minimum atomic E-state index is 0.422. The molecule has 3 N–H and O–H groups in total. The van der Waals surface area contributed by atoms with Gasteiger partial charge in [-0.3, -0.25) is 0 Å². The Labute approximate surface area is 73.0 Å². The third-order valence-corrected chi connectivity index (χ3v) is 1.57. The molecule has 0 aliphatic carbocycles. The molecule has 0 aliphatic heterocycles. The average Bonchev–Trinajstić information content (AvgIpc) is 1.96. The van der Waals surface area contributed by atoms with E-state index in [1.807, 2.05) is 13.0 Å². The van der Waals surface area contributed by atoms with Gasteiger partial charge in [0.2, 0.25) is 0 Å². The number of aryl methyl sites for hydroxylation is 1. The van der Waals surface area contributed by atoms with E-state index in [4.69, 9.17) is 5.73 Å². The van der Waals surface area contributed by atoms with E-state index in [0.29, 0.717) is 11.9 Å². The smallest absolute Gasteiger partial charge is 0.125 e. The van der Waals surface area contributed by atoms with Crippen molar-refractivity contribution >= 4 is 11.5 Å². The van der Waals surface area contributed by atoms with Crippen LogP contribution in [-0.4, -0.2) is 11.0 Å². The van der Waals surface area contributed by atoms with E-state index in [2.05, 4.69) is 24.1 Å². The highest BCUT2D eigenvalue weighted by Crippen LogP contribution is 2.16. The summed E-state index contributed by atoms with van der Waals surface area (Å²) in [6.45, 7) is 6.20. The molecule has 0 atom stereocenters. The Kier molecular flexibility index (Phi) is 2.53. The topological polar surface area (TPSA) is 50.9 Å². The van der Waals surface area contributed by atoms with Crippen molar-refractivity contribution in [1.82, 2.24) is 4.98 Å². The number of hydrogen-bond acceptors (Lipinski definition) is 3. The van der Waals surface area contributed by atoms with Crippen molar-refractivity contribution in [2.75, 3.05) is 11.1 Å². The van der Waals surface area contributed by atoms with Gasteiger partial charge in [0.05, 0.1) is 0 Å². The number of anilines is 2. The summed E-state index contributed by atoms with van der Waals surface area (Å²) in [6, 6.07) is 2.28. The molecular weight excluding hydrogens is 150 g/mol. The van der Waals surface area contributed by atoms with Crippen molar-refractivity contribution in [2.45, 2.75) is 26.8 Å². The van der Waals surface area contributed by atoms with Crippen LogP contribution >= 0.6 is 0 Å². The van der Waals surface area contributed by atoms with Crippen LogP contribution in [0.15, 0.2) is 12.3 Å². The molecule has 0 aromatic carbocycles. The predicted molar refractivity (Wildman–Crippen MR) is 52.1 cm³/mol. The fraction of sp³-hybridized carbons (Fsp3) is 0.444. The Morgan fingerprint density at radius 1 is 1.50 bits per heavy atom. The molecule has 1 aromatic heterocycles. The van der Waals surface area contributed by atoms with Crippen LogP contribution in [0.5, 0.6) is 0 Å². The van der Waals surface area contributed by atoms with Gasteiger partial charge in [0.25, 0.3) is 0 Å². The first-order valence-electron chi connectivity index (χ1n) is 4.08. The lowest BCUT2D eigenvalue weighted by molar-refractivity contribution is 0.896. The normalized spacial score (nSPS) is 10.3. The number of nitrogens with zero attached hydrogens (tertiary/aromatic N) is 1. The predicted octanol–water partition coefficient (Wildman–Crippen LogP) is 1.79. The Hall–Kier alpha value is -1.25. The second kappa shape index (κ2) is 3.43. The maximum absolute atomic E-state index is 5.55. The molecule has 0 aliphatic rings. The van der Waals surface area contributed by atoms with Gasteiger partial charge in [-0.15, -0.1) is 0 Å². The molecule has 0 fully saturated rings. The van der Waals surface area contributed by atoms with Gasteiger partial charge in [0.1, 0.15) is 5.82 Å². The van der Waals surface area contributed by atoms with Crippen molar-refractivity contribution in [2.24, 2.45) is 0 Å². The first-order chi connectivity index (χ1) is 5.59. The van der Waals surface area contributed by atoms with Crippen LogP contribution in [0, 0.1) is 6.92 Å². The second-order valence-electron chi connectivity index (χ2n) is 3.22. The summed E-state index contributed by atoms with van der Waals surface area (Å²) in [6.07, 6.45) is 1.78. The third-order valence-electron chi connectivity index (χ3n) is 1.57. The van der Waals surface area contributed by atoms with Gasteiger partial charge in [-0.05, 0) is 26.3 Å². The van der Waals surface area contributed by atoms with E-state index in [1.54, 1.807) is 6.20 Å². The van der Waals surface area contributed by atoms with Crippen molar-refractivity contribution in [3.05, 3.63) is 17.8 Å². The van der Waals surface area contributed by atoms with Crippen molar-refractivity contribution in [3.8, 4) is 0 Å². The fourth-order valence-electron chi connectivity index (χ4n) is 1.01. The first kappa shape index (κ1) is 8.84. The molecule has 0 bridgehead atoms. The number of pyridine rings is 1. The van der Waals surface area contributed by atoms with Gasteiger partial charge in [-0.25, -0.2) is 4.98 Å². The lowest BCUT2D eigenvalue weighted by atomic mass is 10.2. The van der Waals surface area contributed by atoms with E-state index in [0.717, 1.165) is 11.3 Å². The lowest BCUT2D eigenvalue weighted by Crippen LogP contribution is -2.11. The molecule has 0 saturated carbocycles. The van der Waals surface area contributed by atoms with Crippen molar-refractivity contribution < 1.29 is 0 Å². The molecule has 1 rings (SSSR count). The number of hydrogen-bond donors (Lipinski definition) is 2. The molecule has 3 heteroatoms. The molecule has 0 unspecified atom stereocenters. The summed E-state index contributed by atoms with van der Waals surface area (Å²) in [5, 5.41) is 3.29. The van der Waals surface area contributed by atoms with E-state index < -0.39 is 0 Å². The molecule has 66 valence electrons. The zero-order valence-corrected chi connectivity index (χ0v) is 7.76. The Morgan fingerprint density at radius 2 is 2.17 bits per heavy atom. The number of rotatable bonds is 2. The monoisotopic (exact) mass is 165 g/mol. The Bertz CT molecular complexity index is 268. The van der Waals surface area contributed by atoms with E-state index in [9.17, 15) is 0 Å². The molecule has 0 amide bonds. The van der Waals surface area contributed by atoms with Crippen molar-refractivity contribution in [1.29, 1.82) is 0 Å². The maximum atomic E-state index is 5.55. The summed E-state index contributed by atoms with van der Waals surface area (Å²) in [5.74, 6) is 0.559. The number of nitrogens with one attached hydrogen (secondary N) is 1. The third kappa shape index (κ3) is 2.12. The number of nitrogens with two attached hydrogens (primary N) is 1. The molecule has 1 aromatic rings. The minimum absolute atomic E-state index is 0.422. The summed E-state index contributed by atoms with van der Waals surface area (Å²) < 4.78 is 0. The molecule has 0 radical (unpaired) electrons.